The van der Waals surface area contributed by atoms with Gasteiger partial charge in [-0.25, -0.2) is 8.42 Å². The Labute approximate surface area is 279 Å². The molecule has 252 valence electrons. The number of hydrogen-bond acceptors (Lipinski definition) is 10. The van der Waals surface area contributed by atoms with E-state index in [4.69, 9.17) is 15.9 Å². The van der Waals surface area contributed by atoms with Crippen LogP contribution in [0.5, 0.6) is 5.75 Å². The van der Waals surface area contributed by atoms with Gasteiger partial charge in [-0.2, -0.15) is 0 Å². The number of thiophene rings is 1. The number of carbonyl (C=O) groups excluding carboxylic acids is 2. The molecule has 2 aromatic carbocycles. The number of Topliss-reactive ketones (excluding diaryl/α,β-unsaturated/α-hetero) is 1. The standard InChI is InChI=1S/C32H42N8O5S2/c1-21(41)26(6-3-9-37-32(33)34)38-31(42)30-27(8-15-46-30)39-47(43,44)28-18-25(17-24-7-14-45-29(24)28)23-5-2-4-22(16-23)19-36-20-40-12-10-35-11-13-40/h2,4-5,8,15-18,26,35-36,39H,3,6-7,9-14,19-20H2,1H3,(H,38,42)(H4,33,34,37). The Morgan fingerprint density at radius 2 is 1.96 bits per heavy atom. The van der Waals surface area contributed by atoms with Gasteiger partial charge < -0.3 is 31.7 Å². The Hall–Kier alpha value is -4.02. The molecule has 13 nitrogen and oxygen atoms in total. The summed E-state index contributed by atoms with van der Waals surface area (Å²) in [6, 6.07) is 12.4. The van der Waals surface area contributed by atoms with Gasteiger partial charge in [-0.05, 0) is 71.7 Å². The predicted octanol–water partition coefficient (Wildman–Crippen LogP) is 2.05. The first kappa shape index (κ1) is 34.3. The third-order valence-electron chi connectivity index (χ3n) is 8.07. The zero-order valence-corrected chi connectivity index (χ0v) is 28.0. The highest BCUT2D eigenvalue weighted by Gasteiger charge is 2.29. The van der Waals surface area contributed by atoms with Gasteiger partial charge in [0.1, 0.15) is 15.5 Å². The highest BCUT2D eigenvalue weighted by Crippen LogP contribution is 2.39. The molecule has 2 aliphatic rings. The number of carbonyl (C=O) groups is 2. The van der Waals surface area contributed by atoms with Crippen LogP contribution >= 0.6 is 11.3 Å². The van der Waals surface area contributed by atoms with Crippen molar-refractivity contribution in [2.45, 2.75) is 43.7 Å². The maximum absolute atomic E-state index is 13.9. The summed E-state index contributed by atoms with van der Waals surface area (Å²) in [6.45, 7) is 7.61. The van der Waals surface area contributed by atoms with Crippen molar-refractivity contribution in [1.29, 1.82) is 5.41 Å². The quantitative estimate of drug-likeness (QED) is 0.0710. The number of hydrogen-bond donors (Lipinski definition) is 7. The smallest absolute Gasteiger partial charge is 0.265 e. The first-order chi connectivity index (χ1) is 22.6. The number of nitrogens with zero attached hydrogens (tertiary/aromatic N) is 1. The number of amides is 1. The van der Waals surface area contributed by atoms with Gasteiger partial charge in [-0.15, -0.1) is 11.3 Å². The number of rotatable bonds is 15. The van der Waals surface area contributed by atoms with E-state index in [1.165, 1.54) is 13.0 Å². The molecule has 0 aliphatic carbocycles. The lowest BCUT2D eigenvalue weighted by Gasteiger charge is -2.27. The van der Waals surface area contributed by atoms with Gasteiger partial charge in [0.25, 0.3) is 15.9 Å². The number of nitrogens with one attached hydrogen (secondary N) is 6. The summed E-state index contributed by atoms with van der Waals surface area (Å²) < 4.78 is 36.2. The Morgan fingerprint density at radius 1 is 1.15 bits per heavy atom. The first-order valence-corrected chi connectivity index (χ1v) is 18.0. The molecule has 5 rings (SSSR count). The molecule has 1 saturated heterocycles. The highest BCUT2D eigenvalue weighted by atomic mass is 32.2. The number of guanidine groups is 1. The molecule has 8 N–H and O–H groups in total. The fourth-order valence-electron chi connectivity index (χ4n) is 5.62. The average Bonchev–Trinajstić information content (AvgIpc) is 3.72. The van der Waals surface area contributed by atoms with Crippen molar-refractivity contribution in [3.63, 3.8) is 0 Å². The summed E-state index contributed by atoms with van der Waals surface area (Å²) in [4.78, 5) is 28.0. The molecule has 0 bridgehead atoms. The van der Waals surface area contributed by atoms with Crippen LogP contribution in [-0.2, 0) is 27.8 Å². The third-order valence-corrected chi connectivity index (χ3v) is 10.4. The van der Waals surface area contributed by atoms with Crippen LogP contribution in [0.4, 0.5) is 5.69 Å². The van der Waals surface area contributed by atoms with Crippen molar-refractivity contribution < 1.29 is 22.7 Å². The van der Waals surface area contributed by atoms with Gasteiger partial charge >= 0.3 is 0 Å². The van der Waals surface area contributed by atoms with Crippen molar-refractivity contribution in [1.82, 2.24) is 26.2 Å². The summed E-state index contributed by atoms with van der Waals surface area (Å²) in [5.41, 5.74) is 8.95. The SMILES string of the molecule is CC(=O)C(CCCNC(=N)N)NC(=O)c1sccc1NS(=O)(=O)c1cc(-c2cccc(CNCN3CCNCC3)c2)cc2c1OCC2. The second kappa shape index (κ2) is 15.7. The van der Waals surface area contributed by atoms with Crippen molar-refractivity contribution in [3.05, 3.63) is 63.8 Å². The maximum Gasteiger partial charge on any atom is 0.265 e. The van der Waals surface area contributed by atoms with E-state index in [0.29, 0.717) is 44.7 Å². The number of sulfonamides is 1. The van der Waals surface area contributed by atoms with E-state index in [2.05, 4.69) is 37.0 Å². The Kier molecular flexibility index (Phi) is 11.5. The number of benzene rings is 2. The molecule has 1 atom stereocenters. The summed E-state index contributed by atoms with van der Waals surface area (Å²) >= 11 is 1.07. The lowest BCUT2D eigenvalue weighted by Crippen LogP contribution is -2.46. The molecular formula is C32H42N8O5S2. The van der Waals surface area contributed by atoms with Gasteiger partial charge in [0, 0.05) is 52.4 Å². The number of piperazine rings is 1. The van der Waals surface area contributed by atoms with Crippen LogP contribution in [0.2, 0.25) is 0 Å². The van der Waals surface area contributed by atoms with E-state index < -0.39 is 22.0 Å². The van der Waals surface area contributed by atoms with Crippen LogP contribution in [0, 0.1) is 5.41 Å². The normalized spacial score (nSPS) is 15.3. The molecule has 47 heavy (non-hydrogen) atoms. The van der Waals surface area contributed by atoms with E-state index in [0.717, 1.165) is 66.4 Å². The predicted molar refractivity (Wildman–Crippen MR) is 183 cm³/mol. The lowest BCUT2D eigenvalue weighted by molar-refractivity contribution is -0.119. The van der Waals surface area contributed by atoms with Crippen LogP contribution in [0.25, 0.3) is 11.1 Å². The summed E-state index contributed by atoms with van der Waals surface area (Å²) in [5, 5.41) is 21.1. The second-order valence-electron chi connectivity index (χ2n) is 11.6. The van der Waals surface area contributed by atoms with Crippen LogP contribution in [0.15, 0.2) is 52.7 Å². The maximum atomic E-state index is 13.9. The molecule has 1 fully saturated rings. The van der Waals surface area contributed by atoms with Crippen molar-refractivity contribution in [2.75, 3.05) is 50.7 Å². The van der Waals surface area contributed by atoms with Gasteiger partial charge in [0.2, 0.25) is 0 Å². The molecule has 15 heteroatoms. The topological polar surface area (TPSA) is 191 Å². The molecule has 1 amide bonds. The number of fused-ring (bicyclic) bond motifs is 1. The second-order valence-corrected chi connectivity index (χ2v) is 14.2. The highest BCUT2D eigenvalue weighted by molar-refractivity contribution is 7.92. The average molecular weight is 683 g/mol. The van der Waals surface area contributed by atoms with E-state index in [-0.39, 0.29) is 27.2 Å². The molecule has 0 spiro atoms. The number of ether oxygens (including phenoxy) is 1. The zero-order valence-electron chi connectivity index (χ0n) is 26.4. The van der Waals surface area contributed by atoms with Crippen LogP contribution in [0.1, 0.15) is 40.6 Å². The molecule has 0 radical (unpaired) electrons. The monoisotopic (exact) mass is 682 g/mol. The number of nitrogens with two attached hydrogens (primary N) is 1. The fourth-order valence-corrected chi connectivity index (χ4v) is 7.73. The van der Waals surface area contributed by atoms with Gasteiger partial charge in [0.05, 0.1) is 18.3 Å². The molecule has 2 aliphatic heterocycles. The Morgan fingerprint density at radius 3 is 2.72 bits per heavy atom. The van der Waals surface area contributed by atoms with Crippen LogP contribution in [-0.4, -0.2) is 83.0 Å². The summed E-state index contributed by atoms with van der Waals surface area (Å²) in [6.07, 6.45) is 1.40. The summed E-state index contributed by atoms with van der Waals surface area (Å²) in [5.74, 6) is -0.654. The molecule has 3 heterocycles. The fraction of sp³-hybridized carbons (Fsp3) is 0.406. The molecule has 1 aromatic heterocycles. The van der Waals surface area contributed by atoms with Crippen molar-refractivity contribution in [2.24, 2.45) is 5.73 Å². The molecule has 0 saturated carbocycles. The van der Waals surface area contributed by atoms with Gasteiger partial charge in [-0.1, -0.05) is 18.2 Å². The minimum atomic E-state index is -4.18. The van der Waals surface area contributed by atoms with E-state index in [9.17, 15) is 18.0 Å². The molecular weight excluding hydrogens is 641 g/mol. The Bertz CT molecular complexity index is 1700. The third kappa shape index (κ3) is 9.08. The largest absolute Gasteiger partial charge is 0.492 e. The van der Waals surface area contributed by atoms with E-state index in [1.807, 2.05) is 24.3 Å². The van der Waals surface area contributed by atoms with Gasteiger partial charge in [0.15, 0.2) is 11.7 Å². The Balaban J connectivity index is 1.31. The van der Waals surface area contributed by atoms with Crippen LogP contribution in [0.3, 0.4) is 0 Å². The lowest BCUT2D eigenvalue weighted by atomic mass is 10.00. The molecule has 1 unspecified atom stereocenters. The summed E-state index contributed by atoms with van der Waals surface area (Å²) in [7, 11) is -4.18. The van der Waals surface area contributed by atoms with Crippen LogP contribution < -0.4 is 36.5 Å². The van der Waals surface area contributed by atoms with E-state index in [1.54, 1.807) is 11.4 Å². The van der Waals surface area contributed by atoms with Crippen molar-refractivity contribution >= 4 is 44.7 Å². The zero-order chi connectivity index (χ0) is 33.4. The molecule has 3 aromatic rings. The minimum absolute atomic E-state index is 0.00174. The minimum Gasteiger partial charge on any atom is -0.492 e. The number of anilines is 1. The van der Waals surface area contributed by atoms with Gasteiger partial charge in [-0.3, -0.25) is 24.6 Å². The number of ketones is 1. The first-order valence-electron chi connectivity index (χ1n) is 15.6. The van der Waals surface area contributed by atoms with Crippen molar-refractivity contribution in [3.8, 4) is 16.9 Å². The van der Waals surface area contributed by atoms with E-state index >= 15 is 0 Å².